The molecule has 0 aliphatic heterocycles. The standard InChI is InChI=1S/C19H21ClF2O2S2/c1-13(4-3-11-25-2)19(17-12-15(21)7-10-18(17)22)26(23,24)16-8-5-14(20)6-9-16/h5-10,12-13,19H,3-4,11H2,1-2H3. The predicted molar refractivity (Wildman–Crippen MR) is 105 cm³/mol. The molecule has 7 heteroatoms. The van der Waals surface area contributed by atoms with Gasteiger partial charge in [-0.15, -0.1) is 0 Å². The van der Waals surface area contributed by atoms with Gasteiger partial charge in [-0.3, -0.25) is 0 Å². The molecule has 0 heterocycles. The van der Waals surface area contributed by atoms with Gasteiger partial charge < -0.3 is 0 Å². The van der Waals surface area contributed by atoms with Crippen LogP contribution in [0.5, 0.6) is 0 Å². The number of rotatable bonds is 8. The zero-order valence-electron chi connectivity index (χ0n) is 14.6. The van der Waals surface area contributed by atoms with Gasteiger partial charge in [0.15, 0.2) is 9.84 Å². The summed E-state index contributed by atoms with van der Waals surface area (Å²) in [6, 6.07) is 8.70. The maximum atomic E-state index is 14.4. The Morgan fingerprint density at radius 1 is 1.12 bits per heavy atom. The first kappa shape index (κ1) is 21.2. The third-order valence-corrected chi connectivity index (χ3v) is 7.53. The summed E-state index contributed by atoms with van der Waals surface area (Å²) >= 11 is 7.51. The molecular weight excluding hydrogens is 398 g/mol. The van der Waals surface area contributed by atoms with Crippen LogP contribution in [0.1, 0.15) is 30.6 Å². The summed E-state index contributed by atoms with van der Waals surface area (Å²) < 4.78 is 54.6. The topological polar surface area (TPSA) is 34.1 Å². The normalized spacial score (nSPS) is 14.2. The molecule has 2 unspecified atom stereocenters. The van der Waals surface area contributed by atoms with Crippen LogP contribution in [0.2, 0.25) is 5.02 Å². The van der Waals surface area contributed by atoms with Crippen molar-refractivity contribution in [2.75, 3.05) is 12.0 Å². The van der Waals surface area contributed by atoms with Crippen molar-refractivity contribution in [3.63, 3.8) is 0 Å². The van der Waals surface area contributed by atoms with Gasteiger partial charge in [-0.05, 0) is 73.2 Å². The zero-order chi connectivity index (χ0) is 19.3. The van der Waals surface area contributed by atoms with Crippen LogP contribution in [-0.4, -0.2) is 20.4 Å². The summed E-state index contributed by atoms with van der Waals surface area (Å²) in [4.78, 5) is 0.0484. The van der Waals surface area contributed by atoms with Crippen molar-refractivity contribution in [1.29, 1.82) is 0 Å². The SMILES string of the molecule is CSCCCC(C)C(c1cc(F)ccc1F)S(=O)(=O)c1ccc(Cl)cc1. The third-order valence-electron chi connectivity index (χ3n) is 4.27. The van der Waals surface area contributed by atoms with E-state index in [4.69, 9.17) is 11.6 Å². The monoisotopic (exact) mass is 418 g/mol. The van der Waals surface area contributed by atoms with Gasteiger partial charge in [0, 0.05) is 10.6 Å². The lowest BCUT2D eigenvalue weighted by Gasteiger charge is -2.25. The number of sulfone groups is 1. The van der Waals surface area contributed by atoms with Crippen LogP contribution >= 0.6 is 23.4 Å². The van der Waals surface area contributed by atoms with Gasteiger partial charge in [0.1, 0.15) is 11.6 Å². The number of halogens is 3. The second kappa shape index (κ2) is 9.20. The molecule has 0 spiro atoms. The lowest BCUT2D eigenvalue weighted by Crippen LogP contribution is -2.22. The lowest BCUT2D eigenvalue weighted by atomic mass is 9.96. The Balaban J connectivity index is 2.52. The molecular formula is C19H21ClF2O2S2. The molecule has 0 saturated heterocycles. The van der Waals surface area contributed by atoms with E-state index in [9.17, 15) is 17.2 Å². The first-order valence-electron chi connectivity index (χ1n) is 8.20. The van der Waals surface area contributed by atoms with E-state index in [1.165, 1.54) is 24.3 Å². The Bertz CT molecular complexity index is 839. The highest BCUT2D eigenvalue weighted by Gasteiger charge is 2.35. The fourth-order valence-corrected chi connectivity index (χ4v) is 5.64. The molecule has 0 saturated carbocycles. The van der Waals surface area contributed by atoms with Crippen molar-refractivity contribution in [2.45, 2.75) is 29.9 Å². The molecule has 0 aliphatic rings. The summed E-state index contributed by atoms with van der Waals surface area (Å²) in [7, 11) is -3.92. The molecule has 26 heavy (non-hydrogen) atoms. The maximum Gasteiger partial charge on any atom is 0.185 e. The van der Waals surface area contributed by atoms with Crippen molar-refractivity contribution in [2.24, 2.45) is 5.92 Å². The quantitative estimate of drug-likeness (QED) is 0.499. The van der Waals surface area contributed by atoms with Crippen LogP contribution in [0.25, 0.3) is 0 Å². The molecule has 0 bridgehead atoms. The van der Waals surface area contributed by atoms with Gasteiger partial charge in [0.25, 0.3) is 0 Å². The van der Waals surface area contributed by atoms with Crippen molar-refractivity contribution in [3.8, 4) is 0 Å². The summed E-state index contributed by atoms with van der Waals surface area (Å²) in [6.07, 6.45) is 3.36. The Kier molecular flexibility index (Phi) is 7.50. The first-order valence-corrected chi connectivity index (χ1v) is 11.5. The second-order valence-corrected chi connectivity index (χ2v) is 9.69. The highest BCUT2D eigenvalue weighted by Crippen LogP contribution is 2.39. The van der Waals surface area contributed by atoms with Gasteiger partial charge in [0.05, 0.1) is 10.1 Å². The summed E-state index contributed by atoms with van der Waals surface area (Å²) in [5.41, 5.74) is -0.128. The molecule has 2 atom stereocenters. The highest BCUT2D eigenvalue weighted by atomic mass is 35.5. The van der Waals surface area contributed by atoms with E-state index in [-0.39, 0.29) is 16.4 Å². The maximum absolute atomic E-state index is 14.4. The molecule has 0 aliphatic carbocycles. The number of benzene rings is 2. The Labute approximate surface area is 162 Å². The summed E-state index contributed by atoms with van der Waals surface area (Å²) in [5.74, 6) is -0.872. The van der Waals surface area contributed by atoms with Crippen LogP contribution < -0.4 is 0 Å². The molecule has 0 aromatic heterocycles. The van der Waals surface area contributed by atoms with E-state index in [1.54, 1.807) is 18.7 Å². The van der Waals surface area contributed by atoms with Crippen LogP contribution in [-0.2, 0) is 9.84 Å². The Hall–Kier alpha value is -1.11. The largest absolute Gasteiger partial charge is 0.223 e. The average molecular weight is 419 g/mol. The van der Waals surface area contributed by atoms with Gasteiger partial charge in [-0.1, -0.05) is 18.5 Å². The van der Waals surface area contributed by atoms with E-state index in [0.29, 0.717) is 11.4 Å². The minimum absolute atomic E-state index is 0.0484. The minimum atomic E-state index is -3.92. The van der Waals surface area contributed by atoms with E-state index in [2.05, 4.69) is 0 Å². The molecule has 0 amide bonds. The van der Waals surface area contributed by atoms with Crippen molar-refractivity contribution in [1.82, 2.24) is 0 Å². The lowest BCUT2D eigenvalue weighted by molar-refractivity contribution is 0.465. The second-order valence-electron chi connectivity index (χ2n) is 6.20. The van der Waals surface area contributed by atoms with Crippen LogP contribution in [0.3, 0.4) is 0 Å². The molecule has 0 radical (unpaired) electrons. The zero-order valence-corrected chi connectivity index (χ0v) is 17.0. The summed E-state index contributed by atoms with van der Waals surface area (Å²) in [6.45, 7) is 1.77. The molecule has 2 aromatic carbocycles. The van der Waals surface area contributed by atoms with E-state index >= 15 is 0 Å². The number of hydrogen-bond acceptors (Lipinski definition) is 3. The number of thioether (sulfide) groups is 1. The Morgan fingerprint density at radius 2 is 1.77 bits per heavy atom. The van der Waals surface area contributed by atoms with Gasteiger partial charge in [-0.2, -0.15) is 11.8 Å². The van der Waals surface area contributed by atoms with E-state index in [0.717, 1.165) is 30.4 Å². The Morgan fingerprint density at radius 3 is 2.38 bits per heavy atom. The van der Waals surface area contributed by atoms with Gasteiger partial charge >= 0.3 is 0 Å². The fraction of sp³-hybridized carbons (Fsp3) is 0.368. The van der Waals surface area contributed by atoms with E-state index < -0.39 is 26.7 Å². The van der Waals surface area contributed by atoms with Crippen molar-refractivity contribution in [3.05, 3.63) is 64.7 Å². The molecule has 0 fully saturated rings. The third kappa shape index (κ3) is 4.99. The first-order chi connectivity index (χ1) is 12.3. The smallest absolute Gasteiger partial charge is 0.185 e. The predicted octanol–water partition coefficient (Wildman–Crippen LogP) is 5.91. The number of hydrogen-bond donors (Lipinski definition) is 0. The average Bonchev–Trinajstić information content (AvgIpc) is 2.58. The molecule has 2 aromatic rings. The highest BCUT2D eigenvalue weighted by molar-refractivity contribution is 7.98. The molecule has 0 N–H and O–H groups in total. The van der Waals surface area contributed by atoms with Crippen LogP contribution in [0.15, 0.2) is 47.4 Å². The molecule has 142 valence electrons. The van der Waals surface area contributed by atoms with Crippen molar-refractivity contribution >= 4 is 33.2 Å². The van der Waals surface area contributed by atoms with Gasteiger partial charge in [-0.25, -0.2) is 17.2 Å². The minimum Gasteiger partial charge on any atom is -0.223 e. The molecule has 2 nitrogen and oxygen atoms in total. The van der Waals surface area contributed by atoms with Gasteiger partial charge in [0.2, 0.25) is 0 Å². The van der Waals surface area contributed by atoms with Crippen LogP contribution in [0.4, 0.5) is 8.78 Å². The summed E-state index contributed by atoms with van der Waals surface area (Å²) in [5, 5.41) is -0.758. The van der Waals surface area contributed by atoms with Crippen LogP contribution in [0, 0.1) is 17.6 Å². The van der Waals surface area contributed by atoms with Crippen molar-refractivity contribution < 1.29 is 17.2 Å². The van der Waals surface area contributed by atoms with E-state index in [1.807, 2.05) is 6.26 Å². The fourth-order valence-electron chi connectivity index (χ4n) is 2.98. The molecule has 2 rings (SSSR count).